The van der Waals surface area contributed by atoms with Gasteiger partial charge in [-0.1, -0.05) is 36.4 Å². The average Bonchev–Trinajstić information content (AvgIpc) is 2.93. The van der Waals surface area contributed by atoms with E-state index < -0.39 is 0 Å². The molecule has 2 aromatic rings. The minimum Gasteiger partial charge on any atom is -0.340 e. The summed E-state index contributed by atoms with van der Waals surface area (Å²) in [5.74, 6) is 0.984. The van der Waals surface area contributed by atoms with Crippen molar-refractivity contribution in [3.63, 3.8) is 0 Å². The fraction of sp³-hybridized carbons (Fsp3) is 0.471. The molecule has 2 rings (SSSR count). The molecule has 1 atom stereocenters. The first-order valence-corrected chi connectivity index (χ1v) is 8.53. The Hall–Kier alpha value is -1.26. The minimum absolute atomic E-state index is 0.362. The van der Waals surface area contributed by atoms with E-state index in [-0.39, 0.29) is 0 Å². The predicted octanol–water partition coefficient (Wildman–Crippen LogP) is 4.17. The molecule has 3 nitrogen and oxygen atoms in total. The lowest BCUT2D eigenvalue weighted by atomic mass is 9.95. The van der Waals surface area contributed by atoms with Crippen LogP contribution < -0.4 is 5.32 Å². The first kappa shape index (κ1) is 16.1. The molecule has 114 valence electrons. The molecule has 1 unspecified atom stereocenters. The highest BCUT2D eigenvalue weighted by atomic mass is 32.2. The topological polar surface area (TPSA) is 40.7 Å². The quantitative estimate of drug-likeness (QED) is 0.754. The van der Waals surface area contributed by atoms with Crippen molar-refractivity contribution in [2.24, 2.45) is 0 Å². The number of aromatic nitrogens is 2. The molecular weight excluding hydrogens is 278 g/mol. The summed E-state index contributed by atoms with van der Waals surface area (Å²) >= 11 is 1.77. The van der Waals surface area contributed by atoms with Crippen LogP contribution in [0.1, 0.15) is 41.6 Å². The van der Waals surface area contributed by atoms with E-state index in [1.807, 2.05) is 6.20 Å². The molecule has 0 amide bonds. The van der Waals surface area contributed by atoms with E-state index >= 15 is 0 Å². The summed E-state index contributed by atoms with van der Waals surface area (Å²) in [6.45, 7) is 9.84. The van der Waals surface area contributed by atoms with Crippen LogP contribution in [0.3, 0.4) is 0 Å². The molecule has 0 bridgehead atoms. The van der Waals surface area contributed by atoms with E-state index in [9.17, 15) is 0 Å². The molecule has 0 spiro atoms. The van der Waals surface area contributed by atoms with Gasteiger partial charge < -0.3 is 10.3 Å². The normalized spacial score (nSPS) is 12.6. The van der Waals surface area contributed by atoms with E-state index in [1.54, 1.807) is 18.0 Å². The van der Waals surface area contributed by atoms with Gasteiger partial charge in [0.25, 0.3) is 0 Å². The van der Waals surface area contributed by atoms with Crippen LogP contribution in [0.2, 0.25) is 0 Å². The Labute approximate surface area is 132 Å². The van der Waals surface area contributed by atoms with Gasteiger partial charge in [-0.05, 0) is 50.4 Å². The molecule has 4 heteroatoms. The Balaban J connectivity index is 2.18. The molecule has 0 radical (unpaired) electrons. The van der Waals surface area contributed by atoms with Gasteiger partial charge in [-0.15, -0.1) is 0 Å². The van der Waals surface area contributed by atoms with Gasteiger partial charge in [0.1, 0.15) is 0 Å². The van der Waals surface area contributed by atoms with E-state index in [0.29, 0.717) is 6.04 Å². The smallest absolute Gasteiger partial charge is 0.165 e. The Morgan fingerprint density at radius 2 is 1.95 bits per heavy atom. The van der Waals surface area contributed by atoms with Crippen molar-refractivity contribution in [1.82, 2.24) is 15.3 Å². The summed E-state index contributed by atoms with van der Waals surface area (Å²) in [6, 6.07) is 4.92. The number of nitrogens with one attached hydrogen (secondary N) is 2. The number of hydrogen-bond acceptors (Lipinski definition) is 3. The van der Waals surface area contributed by atoms with Crippen molar-refractivity contribution >= 4 is 11.8 Å². The third-order valence-electron chi connectivity index (χ3n) is 3.59. The number of nitrogens with zero attached hydrogens (tertiary/aromatic N) is 1. The van der Waals surface area contributed by atoms with Gasteiger partial charge in [-0.25, -0.2) is 4.98 Å². The van der Waals surface area contributed by atoms with E-state index in [1.165, 1.54) is 22.3 Å². The van der Waals surface area contributed by atoms with Gasteiger partial charge in [-0.2, -0.15) is 0 Å². The first-order valence-electron chi connectivity index (χ1n) is 7.55. The zero-order valence-electron chi connectivity index (χ0n) is 13.4. The Morgan fingerprint density at radius 3 is 2.52 bits per heavy atom. The molecule has 0 fully saturated rings. The highest BCUT2D eigenvalue weighted by Gasteiger charge is 2.17. The number of rotatable bonds is 7. The number of benzene rings is 1. The summed E-state index contributed by atoms with van der Waals surface area (Å²) in [7, 11) is 0. The fourth-order valence-corrected chi connectivity index (χ4v) is 3.69. The minimum atomic E-state index is 0.362. The van der Waals surface area contributed by atoms with Crippen LogP contribution >= 0.6 is 11.8 Å². The van der Waals surface area contributed by atoms with Crippen molar-refractivity contribution in [1.29, 1.82) is 0 Å². The molecule has 21 heavy (non-hydrogen) atoms. The lowest BCUT2D eigenvalue weighted by molar-refractivity contribution is 0.572. The molecule has 1 heterocycles. The van der Waals surface area contributed by atoms with E-state index in [0.717, 1.165) is 23.9 Å². The monoisotopic (exact) mass is 303 g/mol. The van der Waals surface area contributed by atoms with Crippen molar-refractivity contribution in [2.45, 2.75) is 45.3 Å². The molecule has 2 N–H and O–H groups in total. The third-order valence-corrected chi connectivity index (χ3v) is 4.58. The molecule has 1 aromatic heterocycles. The number of H-pyrrole nitrogens is 1. The summed E-state index contributed by atoms with van der Waals surface area (Å²) in [6.07, 6.45) is 4.82. The molecule has 1 aromatic carbocycles. The maximum absolute atomic E-state index is 4.30. The number of hydrogen-bond donors (Lipinski definition) is 2. The number of aryl methyl sites for hydroxylation is 3. The van der Waals surface area contributed by atoms with Crippen LogP contribution in [-0.4, -0.2) is 22.3 Å². The second-order valence-corrected chi connectivity index (χ2v) is 6.53. The Bertz CT molecular complexity index is 540. The van der Waals surface area contributed by atoms with Crippen molar-refractivity contribution in [3.8, 4) is 0 Å². The molecule has 0 saturated heterocycles. The maximum atomic E-state index is 4.30. The summed E-state index contributed by atoms with van der Waals surface area (Å²) < 4.78 is 0. The van der Waals surface area contributed by atoms with Crippen LogP contribution in [-0.2, 0) is 0 Å². The van der Waals surface area contributed by atoms with Crippen LogP contribution in [0.4, 0.5) is 0 Å². The van der Waals surface area contributed by atoms with Gasteiger partial charge in [0.2, 0.25) is 0 Å². The lowest BCUT2D eigenvalue weighted by Gasteiger charge is -2.23. The van der Waals surface area contributed by atoms with Crippen LogP contribution in [0.5, 0.6) is 0 Å². The highest BCUT2D eigenvalue weighted by molar-refractivity contribution is 7.99. The Kier molecular flexibility index (Phi) is 5.88. The van der Waals surface area contributed by atoms with Gasteiger partial charge in [0.15, 0.2) is 5.16 Å². The highest BCUT2D eigenvalue weighted by Crippen LogP contribution is 2.28. The molecular formula is C17H25N3S. The third kappa shape index (κ3) is 4.35. The van der Waals surface area contributed by atoms with Crippen LogP contribution in [0, 0.1) is 20.8 Å². The number of thioether (sulfide) groups is 1. The fourth-order valence-electron chi connectivity index (χ4n) is 2.80. The summed E-state index contributed by atoms with van der Waals surface area (Å²) in [4.78, 5) is 7.46. The Morgan fingerprint density at radius 1 is 1.24 bits per heavy atom. The molecule has 0 saturated carbocycles. The van der Waals surface area contributed by atoms with Crippen LogP contribution in [0.25, 0.3) is 0 Å². The lowest BCUT2D eigenvalue weighted by Crippen LogP contribution is -2.25. The average molecular weight is 303 g/mol. The van der Waals surface area contributed by atoms with Crippen LogP contribution in [0.15, 0.2) is 29.7 Å². The number of imidazole rings is 1. The zero-order chi connectivity index (χ0) is 15.2. The van der Waals surface area contributed by atoms with Gasteiger partial charge in [0.05, 0.1) is 0 Å². The van der Waals surface area contributed by atoms with E-state index in [4.69, 9.17) is 0 Å². The SMILES string of the molecule is CCCNC(CSc1ncc[nH]1)c1c(C)cc(C)cc1C. The van der Waals surface area contributed by atoms with Gasteiger partial charge in [0, 0.05) is 24.2 Å². The van der Waals surface area contributed by atoms with Crippen molar-refractivity contribution in [3.05, 3.63) is 46.8 Å². The first-order chi connectivity index (χ1) is 10.1. The summed E-state index contributed by atoms with van der Waals surface area (Å²) in [5, 5.41) is 4.67. The molecule has 0 aliphatic rings. The molecule has 0 aliphatic heterocycles. The second kappa shape index (κ2) is 7.66. The molecule has 0 aliphatic carbocycles. The standard InChI is InChI=1S/C17H25N3S/c1-5-6-18-15(11-21-17-19-7-8-20-17)16-13(3)9-12(2)10-14(16)4/h7-10,15,18H,5-6,11H2,1-4H3,(H,19,20). The van der Waals surface area contributed by atoms with Gasteiger partial charge in [-0.3, -0.25) is 0 Å². The van der Waals surface area contributed by atoms with Crippen molar-refractivity contribution < 1.29 is 0 Å². The number of aromatic amines is 1. The van der Waals surface area contributed by atoms with Crippen molar-refractivity contribution in [2.75, 3.05) is 12.3 Å². The zero-order valence-corrected chi connectivity index (χ0v) is 14.2. The van der Waals surface area contributed by atoms with E-state index in [2.05, 4.69) is 55.1 Å². The summed E-state index contributed by atoms with van der Waals surface area (Å²) in [5.41, 5.74) is 5.53. The maximum Gasteiger partial charge on any atom is 0.165 e. The van der Waals surface area contributed by atoms with Gasteiger partial charge >= 0.3 is 0 Å². The predicted molar refractivity (Wildman–Crippen MR) is 91.0 cm³/mol. The largest absolute Gasteiger partial charge is 0.340 e. The second-order valence-electron chi connectivity index (χ2n) is 5.52.